The molecule has 0 aliphatic carbocycles. The zero-order chi connectivity index (χ0) is 22.0. The second kappa shape index (κ2) is 9.49. The third kappa shape index (κ3) is 5.24. The summed E-state index contributed by atoms with van der Waals surface area (Å²) in [6, 6.07) is 11.3. The Balaban J connectivity index is 2.75. The van der Waals surface area contributed by atoms with Crippen molar-refractivity contribution >= 4 is 27.1 Å². The summed E-state index contributed by atoms with van der Waals surface area (Å²) >= 11 is 0. The number of phenolic OH excluding ortho intramolecular Hbond substituents is 1. The molecule has 0 radical (unpaired) electrons. The molecule has 0 aliphatic heterocycles. The van der Waals surface area contributed by atoms with Gasteiger partial charge in [0.15, 0.2) is 0 Å². The van der Waals surface area contributed by atoms with E-state index in [2.05, 4.69) is 92.1 Å². The molecule has 0 fully saturated rings. The van der Waals surface area contributed by atoms with Crippen LogP contribution in [0.1, 0.15) is 76.1 Å². The van der Waals surface area contributed by atoms with Gasteiger partial charge < -0.3 is 5.11 Å². The van der Waals surface area contributed by atoms with Gasteiger partial charge in [-0.1, -0.05) is 87.9 Å². The van der Waals surface area contributed by atoms with Crippen molar-refractivity contribution in [2.45, 2.75) is 78.3 Å². The fourth-order valence-electron chi connectivity index (χ4n) is 4.15. The van der Waals surface area contributed by atoms with Gasteiger partial charge in [0.2, 0.25) is 0 Å². The molecule has 160 valence electrons. The van der Waals surface area contributed by atoms with Gasteiger partial charge in [0.25, 0.3) is 0 Å². The predicted octanol–water partition coefficient (Wildman–Crippen LogP) is 7.08. The topological polar surface area (TPSA) is 20.2 Å². The van der Waals surface area contributed by atoms with Crippen LogP contribution in [0.5, 0.6) is 5.75 Å². The van der Waals surface area contributed by atoms with Crippen LogP contribution in [0.4, 0.5) is 0 Å². The van der Waals surface area contributed by atoms with Crippen molar-refractivity contribution in [2.24, 2.45) is 0 Å². The highest BCUT2D eigenvalue weighted by Gasteiger charge is 2.35. The molecule has 2 aromatic carbocycles. The molecule has 2 rings (SSSR count). The maximum atomic E-state index is 11.2. The van der Waals surface area contributed by atoms with Gasteiger partial charge >= 0.3 is 0 Å². The molecule has 0 aromatic heterocycles. The van der Waals surface area contributed by atoms with Crippen LogP contribution in [0.3, 0.4) is 0 Å². The van der Waals surface area contributed by atoms with Crippen LogP contribution in [-0.4, -0.2) is 18.4 Å². The SMILES string of the molecule is CCCC(CC)(Pc1c(C)cccc1P(C)C)c1cc(C(C)(C)C)cc(C)c1O. The number of aryl methyl sites for hydroxylation is 2. The molecule has 2 unspecified atom stereocenters. The van der Waals surface area contributed by atoms with Crippen molar-refractivity contribution in [3.63, 3.8) is 0 Å². The standard InChI is InChI=1S/C26H40OP2/c1-10-15-26(11-2,28-24-18(3)13-12-14-22(24)29(8)9)21-17-20(25(5,6)7)16-19(4)23(21)27/h12-14,16-17,27-28H,10-11,15H2,1-9H3. The van der Waals surface area contributed by atoms with Crippen LogP contribution in [0.2, 0.25) is 0 Å². The lowest BCUT2D eigenvalue weighted by molar-refractivity contribution is 0.437. The first-order valence-electron chi connectivity index (χ1n) is 10.9. The van der Waals surface area contributed by atoms with Crippen LogP contribution in [-0.2, 0) is 10.6 Å². The van der Waals surface area contributed by atoms with Crippen molar-refractivity contribution in [2.75, 3.05) is 13.3 Å². The van der Waals surface area contributed by atoms with Crippen LogP contribution in [0.25, 0.3) is 0 Å². The van der Waals surface area contributed by atoms with E-state index in [1.165, 1.54) is 21.7 Å². The van der Waals surface area contributed by atoms with E-state index in [0.717, 1.165) is 30.4 Å². The van der Waals surface area contributed by atoms with Gasteiger partial charge in [0.1, 0.15) is 5.75 Å². The zero-order valence-corrected chi connectivity index (χ0v) is 21.8. The Morgan fingerprint density at radius 3 is 2.17 bits per heavy atom. The molecular formula is C26H40OP2. The molecule has 0 spiro atoms. The molecule has 0 bridgehead atoms. The Morgan fingerprint density at radius 1 is 1.00 bits per heavy atom. The first-order valence-corrected chi connectivity index (χ1v) is 14.1. The van der Waals surface area contributed by atoms with Crippen molar-refractivity contribution in [1.29, 1.82) is 0 Å². The Bertz CT molecular complexity index is 849. The summed E-state index contributed by atoms with van der Waals surface area (Å²) in [4.78, 5) is 0. The lowest BCUT2D eigenvalue weighted by Gasteiger charge is -2.37. The number of hydrogen-bond acceptors (Lipinski definition) is 1. The first kappa shape index (κ1) is 24.4. The van der Waals surface area contributed by atoms with E-state index in [-0.39, 0.29) is 18.5 Å². The summed E-state index contributed by atoms with van der Waals surface area (Å²) in [5.74, 6) is 0.506. The Kier molecular flexibility index (Phi) is 7.98. The fourth-order valence-corrected chi connectivity index (χ4v) is 7.84. The van der Waals surface area contributed by atoms with E-state index in [0.29, 0.717) is 14.3 Å². The maximum Gasteiger partial charge on any atom is 0.122 e. The summed E-state index contributed by atoms with van der Waals surface area (Å²) in [5.41, 5.74) is 4.95. The maximum absolute atomic E-state index is 11.2. The predicted molar refractivity (Wildman–Crippen MR) is 136 cm³/mol. The minimum atomic E-state index is -0.163. The molecule has 2 aromatic rings. The largest absolute Gasteiger partial charge is 0.507 e. The van der Waals surface area contributed by atoms with Crippen LogP contribution >= 0.6 is 16.5 Å². The van der Waals surface area contributed by atoms with Crippen LogP contribution < -0.4 is 10.6 Å². The van der Waals surface area contributed by atoms with E-state index < -0.39 is 0 Å². The number of phenols is 1. The lowest BCUT2D eigenvalue weighted by atomic mass is 9.81. The van der Waals surface area contributed by atoms with Gasteiger partial charge in [0.05, 0.1) is 0 Å². The highest BCUT2D eigenvalue weighted by Crippen LogP contribution is 2.52. The molecule has 0 amide bonds. The number of hydrogen-bond donors (Lipinski definition) is 1. The average molecular weight is 431 g/mol. The van der Waals surface area contributed by atoms with Gasteiger partial charge in [-0.05, 0) is 72.7 Å². The molecule has 0 saturated carbocycles. The van der Waals surface area contributed by atoms with E-state index in [4.69, 9.17) is 0 Å². The molecule has 0 saturated heterocycles. The van der Waals surface area contributed by atoms with Crippen LogP contribution in [0.15, 0.2) is 30.3 Å². The highest BCUT2D eigenvalue weighted by molar-refractivity contribution is 7.66. The van der Waals surface area contributed by atoms with Crippen molar-refractivity contribution in [1.82, 2.24) is 0 Å². The first-order chi connectivity index (χ1) is 13.5. The molecule has 0 aliphatic rings. The Hall–Kier alpha value is -0.900. The smallest absolute Gasteiger partial charge is 0.122 e. The van der Waals surface area contributed by atoms with Gasteiger partial charge in [-0.25, -0.2) is 0 Å². The number of rotatable bonds is 7. The fraction of sp³-hybridized carbons (Fsp3) is 0.538. The second-order valence-corrected chi connectivity index (χ2v) is 13.6. The molecule has 3 heteroatoms. The lowest BCUT2D eigenvalue weighted by Crippen LogP contribution is -2.30. The monoisotopic (exact) mass is 430 g/mol. The van der Waals surface area contributed by atoms with Gasteiger partial charge in [0, 0.05) is 10.7 Å². The van der Waals surface area contributed by atoms with Crippen molar-refractivity contribution in [3.8, 4) is 5.75 Å². The van der Waals surface area contributed by atoms with E-state index >= 15 is 0 Å². The molecule has 29 heavy (non-hydrogen) atoms. The molecule has 0 heterocycles. The normalized spacial score (nSPS) is 14.7. The van der Waals surface area contributed by atoms with Gasteiger partial charge in [-0.15, -0.1) is 0 Å². The summed E-state index contributed by atoms with van der Waals surface area (Å²) in [6.07, 6.45) is 3.26. The average Bonchev–Trinajstić information content (AvgIpc) is 2.63. The van der Waals surface area contributed by atoms with E-state index in [1.54, 1.807) is 0 Å². The second-order valence-electron chi connectivity index (χ2n) is 9.61. The Labute approximate surface area is 182 Å². The van der Waals surface area contributed by atoms with Gasteiger partial charge in [-0.3, -0.25) is 0 Å². The van der Waals surface area contributed by atoms with Gasteiger partial charge in [-0.2, -0.15) is 0 Å². The highest BCUT2D eigenvalue weighted by atomic mass is 31.1. The molecule has 2 atom stereocenters. The Morgan fingerprint density at radius 2 is 1.66 bits per heavy atom. The minimum Gasteiger partial charge on any atom is -0.507 e. The minimum absolute atomic E-state index is 0.0168. The third-order valence-corrected chi connectivity index (χ3v) is 9.87. The quantitative estimate of drug-likeness (QED) is 0.465. The molecular weight excluding hydrogens is 390 g/mol. The van der Waals surface area contributed by atoms with Crippen molar-refractivity contribution in [3.05, 3.63) is 52.6 Å². The summed E-state index contributed by atoms with van der Waals surface area (Å²) < 4.78 is 0. The van der Waals surface area contributed by atoms with E-state index in [9.17, 15) is 5.11 Å². The molecule has 1 N–H and O–H groups in total. The van der Waals surface area contributed by atoms with E-state index in [1.807, 2.05) is 0 Å². The zero-order valence-electron chi connectivity index (χ0n) is 19.9. The van der Waals surface area contributed by atoms with Crippen molar-refractivity contribution < 1.29 is 5.11 Å². The summed E-state index contributed by atoms with van der Waals surface area (Å²) in [6.45, 7) is 20.4. The van der Waals surface area contributed by atoms with Crippen LogP contribution in [0, 0.1) is 13.8 Å². The third-order valence-electron chi connectivity index (χ3n) is 6.06. The molecule has 1 nitrogen and oxygen atoms in total. The number of aromatic hydroxyl groups is 1. The summed E-state index contributed by atoms with van der Waals surface area (Å²) in [5, 5.41) is 14.2. The summed E-state index contributed by atoms with van der Waals surface area (Å²) in [7, 11) is 0.506. The number of benzene rings is 2.